The predicted molar refractivity (Wildman–Crippen MR) is 90.1 cm³/mol. The highest BCUT2D eigenvalue weighted by Gasteiger charge is 2.45. The van der Waals surface area contributed by atoms with E-state index in [0.717, 1.165) is 38.8 Å². The van der Waals surface area contributed by atoms with Crippen LogP contribution in [0.2, 0.25) is 0 Å². The van der Waals surface area contributed by atoms with Crippen LogP contribution < -0.4 is 5.32 Å². The zero-order valence-corrected chi connectivity index (χ0v) is 14.7. The first-order valence-corrected chi connectivity index (χ1v) is 9.27. The Hall–Kier alpha value is -1.59. The lowest BCUT2D eigenvalue weighted by Crippen LogP contribution is -2.47. The van der Waals surface area contributed by atoms with Crippen LogP contribution in [0.25, 0.3) is 0 Å². The summed E-state index contributed by atoms with van der Waals surface area (Å²) in [5.41, 5.74) is 0.160. The maximum Gasteiger partial charge on any atom is 0.242 e. The van der Waals surface area contributed by atoms with Crippen LogP contribution in [0.1, 0.15) is 51.9 Å². The summed E-state index contributed by atoms with van der Waals surface area (Å²) >= 11 is 0. The van der Waals surface area contributed by atoms with Crippen LogP contribution in [0.3, 0.4) is 0 Å². The lowest BCUT2D eigenvalue weighted by Gasteiger charge is -2.34. The largest absolute Gasteiger partial charge is 0.356 e. The molecule has 2 heterocycles. The molecule has 0 aromatic carbocycles. The minimum Gasteiger partial charge on any atom is -0.356 e. The molecule has 0 aromatic rings. The summed E-state index contributed by atoms with van der Waals surface area (Å²) in [4.78, 5) is 39.7. The Morgan fingerprint density at radius 1 is 1.25 bits per heavy atom. The molecule has 3 fully saturated rings. The van der Waals surface area contributed by atoms with E-state index in [2.05, 4.69) is 5.32 Å². The van der Waals surface area contributed by atoms with Crippen LogP contribution in [-0.4, -0.2) is 60.2 Å². The summed E-state index contributed by atoms with van der Waals surface area (Å²) in [6, 6.07) is 0. The molecule has 0 radical (unpaired) electrons. The van der Waals surface area contributed by atoms with Gasteiger partial charge in [0.25, 0.3) is 0 Å². The van der Waals surface area contributed by atoms with Crippen molar-refractivity contribution in [2.75, 3.05) is 32.7 Å². The van der Waals surface area contributed by atoms with Gasteiger partial charge in [0.15, 0.2) is 0 Å². The van der Waals surface area contributed by atoms with E-state index in [1.165, 1.54) is 19.8 Å². The second-order valence-electron chi connectivity index (χ2n) is 7.92. The third-order valence-electron chi connectivity index (χ3n) is 5.91. The summed E-state index contributed by atoms with van der Waals surface area (Å²) in [6.07, 6.45) is 7.32. The van der Waals surface area contributed by atoms with Crippen molar-refractivity contribution in [3.63, 3.8) is 0 Å². The van der Waals surface area contributed by atoms with Crippen molar-refractivity contribution in [3.05, 3.63) is 0 Å². The van der Waals surface area contributed by atoms with E-state index in [1.54, 1.807) is 4.90 Å². The van der Waals surface area contributed by atoms with Gasteiger partial charge in [-0.25, -0.2) is 0 Å². The van der Waals surface area contributed by atoms with Crippen molar-refractivity contribution >= 4 is 17.7 Å². The molecular formula is C18H29N3O3. The van der Waals surface area contributed by atoms with Gasteiger partial charge in [-0.1, -0.05) is 12.8 Å². The molecule has 1 saturated carbocycles. The third-order valence-corrected chi connectivity index (χ3v) is 5.91. The summed E-state index contributed by atoms with van der Waals surface area (Å²) < 4.78 is 0. The Labute approximate surface area is 143 Å². The van der Waals surface area contributed by atoms with Crippen LogP contribution in [0, 0.1) is 11.3 Å². The van der Waals surface area contributed by atoms with E-state index in [-0.39, 0.29) is 29.7 Å². The first-order valence-electron chi connectivity index (χ1n) is 9.27. The number of hydrogen-bond acceptors (Lipinski definition) is 3. The van der Waals surface area contributed by atoms with Gasteiger partial charge < -0.3 is 15.1 Å². The average Bonchev–Trinajstić information content (AvgIpc) is 3.12. The highest BCUT2D eigenvalue weighted by Crippen LogP contribution is 2.45. The molecule has 1 N–H and O–H groups in total. The number of carbonyl (C=O) groups is 3. The number of likely N-dealkylation sites (tertiary alicyclic amines) is 2. The fourth-order valence-electron chi connectivity index (χ4n) is 4.60. The molecular weight excluding hydrogens is 306 g/mol. The van der Waals surface area contributed by atoms with Gasteiger partial charge in [-0.15, -0.1) is 0 Å². The lowest BCUT2D eigenvalue weighted by atomic mass is 9.85. The van der Waals surface area contributed by atoms with E-state index in [9.17, 15) is 14.4 Å². The standard InChI is InChI=1S/C18H29N3O3/c1-14(22)19-10-15-5-4-8-20(11-15)17(24)12-21-13-18(9-16(21)23)6-2-3-7-18/h15H,2-13H2,1H3,(H,19,22)/t15-/m0/s1. The second kappa shape index (κ2) is 7.11. The van der Waals surface area contributed by atoms with Crippen LogP contribution >= 0.6 is 0 Å². The molecule has 0 aromatic heterocycles. The minimum atomic E-state index is -0.0250. The number of rotatable bonds is 4. The van der Waals surface area contributed by atoms with E-state index in [4.69, 9.17) is 0 Å². The summed E-state index contributed by atoms with van der Waals surface area (Å²) in [5, 5.41) is 2.85. The first kappa shape index (κ1) is 17.2. The Kier molecular flexibility index (Phi) is 5.11. The molecule has 24 heavy (non-hydrogen) atoms. The second-order valence-corrected chi connectivity index (χ2v) is 7.92. The molecule has 3 aliphatic rings. The average molecular weight is 335 g/mol. The first-order chi connectivity index (χ1) is 11.5. The van der Waals surface area contributed by atoms with Gasteiger partial charge in [0, 0.05) is 39.5 Å². The zero-order valence-electron chi connectivity index (χ0n) is 14.7. The Balaban J connectivity index is 1.51. The van der Waals surface area contributed by atoms with Gasteiger partial charge in [0.2, 0.25) is 17.7 Å². The van der Waals surface area contributed by atoms with Gasteiger partial charge in [0.05, 0.1) is 6.54 Å². The fourth-order valence-corrected chi connectivity index (χ4v) is 4.60. The van der Waals surface area contributed by atoms with Gasteiger partial charge in [0.1, 0.15) is 0 Å². The van der Waals surface area contributed by atoms with Crippen LogP contribution in [0.15, 0.2) is 0 Å². The number of amides is 3. The molecule has 2 saturated heterocycles. The zero-order chi connectivity index (χ0) is 17.2. The van der Waals surface area contributed by atoms with Gasteiger partial charge in [-0.2, -0.15) is 0 Å². The van der Waals surface area contributed by atoms with E-state index >= 15 is 0 Å². The number of hydrogen-bond donors (Lipinski definition) is 1. The Bertz CT molecular complexity index is 514. The Morgan fingerprint density at radius 2 is 2.00 bits per heavy atom. The summed E-state index contributed by atoms with van der Waals surface area (Å²) in [5.74, 6) is 0.507. The van der Waals surface area contributed by atoms with Crippen molar-refractivity contribution in [1.29, 1.82) is 0 Å². The Morgan fingerprint density at radius 3 is 2.71 bits per heavy atom. The number of carbonyl (C=O) groups excluding carboxylic acids is 3. The molecule has 0 bridgehead atoms. The van der Waals surface area contributed by atoms with Crippen molar-refractivity contribution in [3.8, 4) is 0 Å². The molecule has 3 rings (SSSR count). The highest BCUT2D eigenvalue weighted by molar-refractivity contribution is 5.86. The van der Waals surface area contributed by atoms with Crippen molar-refractivity contribution in [2.45, 2.75) is 51.9 Å². The SMILES string of the molecule is CC(=O)NC[C@@H]1CCCN(C(=O)CN2CC3(CCCC3)CC2=O)C1. The quantitative estimate of drug-likeness (QED) is 0.838. The van der Waals surface area contributed by atoms with Crippen molar-refractivity contribution in [2.24, 2.45) is 11.3 Å². The van der Waals surface area contributed by atoms with E-state index in [1.807, 2.05) is 4.90 Å². The van der Waals surface area contributed by atoms with Crippen LogP contribution in [0.4, 0.5) is 0 Å². The number of nitrogens with one attached hydrogen (secondary N) is 1. The topological polar surface area (TPSA) is 69.7 Å². The molecule has 1 atom stereocenters. The lowest BCUT2D eigenvalue weighted by molar-refractivity contribution is -0.139. The molecule has 3 amide bonds. The van der Waals surface area contributed by atoms with Gasteiger partial charge >= 0.3 is 0 Å². The van der Waals surface area contributed by atoms with Gasteiger partial charge in [-0.05, 0) is 37.0 Å². The van der Waals surface area contributed by atoms with E-state index < -0.39 is 0 Å². The van der Waals surface area contributed by atoms with Crippen LogP contribution in [0.5, 0.6) is 0 Å². The molecule has 1 spiro atoms. The van der Waals surface area contributed by atoms with Crippen molar-refractivity contribution in [1.82, 2.24) is 15.1 Å². The number of nitrogens with zero attached hydrogens (tertiary/aromatic N) is 2. The molecule has 2 aliphatic heterocycles. The normalized spacial score (nSPS) is 26.2. The molecule has 6 nitrogen and oxygen atoms in total. The minimum absolute atomic E-state index is 0.0250. The van der Waals surface area contributed by atoms with Crippen LogP contribution in [-0.2, 0) is 14.4 Å². The molecule has 1 aliphatic carbocycles. The van der Waals surface area contributed by atoms with Crippen molar-refractivity contribution < 1.29 is 14.4 Å². The summed E-state index contributed by atoms with van der Waals surface area (Å²) in [6.45, 7) is 4.59. The highest BCUT2D eigenvalue weighted by atomic mass is 16.2. The third kappa shape index (κ3) is 3.90. The van der Waals surface area contributed by atoms with Gasteiger partial charge in [-0.3, -0.25) is 14.4 Å². The maximum atomic E-state index is 12.6. The molecule has 0 unspecified atom stereocenters. The molecule has 6 heteroatoms. The fraction of sp³-hybridized carbons (Fsp3) is 0.833. The van der Waals surface area contributed by atoms with E-state index in [0.29, 0.717) is 25.4 Å². The summed E-state index contributed by atoms with van der Waals surface area (Å²) in [7, 11) is 0. The maximum absolute atomic E-state index is 12.6. The smallest absolute Gasteiger partial charge is 0.242 e. The number of piperidine rings is 1. The predicted octanol–water partition coefficient (Wildman–Crippen LogP) is 1.15. The monoisotopic (exact) mass is 335 g/mol. The molecule has 134 valence electrons.